The summed E-state index contributed by atoms with van der Waals surface area (Å²) in [6.45, 7) is 1.38. The molecule has 2 aliphatic heterocycles. The quantitative estimate of drug-likeness (QED) is 0.865. The number of hydrogen-bond donors (Lipinski definition) is 1. The first kappa shape index (κ1) is 19.2. The van der Waals surface area contributed by atoms with Crippen molar-refractivity contribution in [3.05, 3.63) is 29.8 Å². The number of carbonyl (C=O) groups is 1. The van der Waals surface area contributed by atoms with Gasteiger partial charge in [-0.1, -0.05) is 25.5 Å². The Hall–Kier alpha value is -1.54. The molecule has 0 saturated carbocycles. The molecule has 0 radical (unpaired) electrons. The molecule has 3 rings (SSSR count). The van der Waals surface area contributed by atoms with Crippen LogP contribution in [0.1, 0.15) is 38.2 Å². The van der Waals surface area contributed by atoms with Crippen molar-refractivity contribution in [2.24, 2.45) is 5.41 Å². The van der Waals surface area contributed by atoms with Gasteiger partial charge in [0.15, 0.2) is 0 Å². The van der Waals surface area contributed by atoms with Gasteiger partial charge in [0.05, 0.1) is 16.9 Å². The van der Waals surface area contributed by atoms with E-state index < -0.39 is 40.2 Å². The molecule has 144 valence electrons. The maximum atomic E-state index is 14.4. The third-order valence-corrected chi connectivity index (χ3v) is 6.99. The lowest BCUT2D eigenvalue weighted by atomic mass is 9.73. The minimum atomic E-state index is -4.09. The van der Waals surface area contributed by atoms with Crippen LogP contribution in [-0.2, 0) is 21.2 Å². The van der Waals surface area contributed by atoms with Crippen molar-refractivity contribution in [1.82, 2.24) is 9.62 Å². The lowest BCUT2D eigenvalue weighted by Gasteiger charge is -2.46. The van der Waals surface area contributed by atoms with Gasteiger partial charge in [0, 0.05) is 19.5 Å². The SMILES string of the molecule is CCCc1ccc(S(=O)(=O)N2CC(F)(F)C[C@@]3(CCCNC3=O)C2)cc1. The summed E-state index contributed by atoms with van der Waals surface area (Å²) < 4.78 is 55.4. The molecule has 5 nitrogen and oxygen atoms in total. The van der Waals surface area contributed by atoms with E-state index in [2.05, 4.69) is 5.32 Å². The van der Waals surface area contributed by atoms with Crippen molar-refractivity contribution in [3.63, 3.8) is 0 Å². The van der Waals surface area contributed by atoms with Gasteiger partial charge in [-0.3, -0.25) is 4.79 Å². The van der Waals surface area contributed by atoms with E-state index in [-0.39, 0.29) is 17.9 Å². The van der Waals surface area contributed by atoms with Crippen LogP contribution in [-0.4, -0.2) is 44.2 Å². The number of benzene rings is 1. The van der Waals surface area contributed by atoms with Crippen LogP contribution in [0.4, 0.5) is 8.78 Å². The number of halogens is 2. The molecule has 1 spiro atoms. The predicted molar refractivity (Wildman–Crippen MR) is 93.4 cm³/mol. The molecule has 1 aromatic carbocycles. The number of amides is 1. The van der Waals surface area contributed by atoms with Crippen LogP contribution in [0.2, 0.25) is 0 Å². The number of alkyl halides is 2. The van der Waals surface area contributed by atoms with Crippen LogP contribution < -0.4 is 5.32 Å². The molecule has 0 aromatic heterocycles. The van der Waals surface area contributed by atoms with Gasteiger partial charge in [-0.15, -0.1) is 0 Å². The summed E-state index contributed by atoms with van der Waals surface area (Å²) in [5.74, 6) is -3.70. The van der Waals surface area contributed by atoms with Crippen molar-refractivity contribution >= 4 is 15.9 Å². The summed E-state index contributed by atoms with van der Waals surface area (Å²) in [5, 5.41) is 2.62. The molecule has 2 fully saturated rings. The van der Waals surface area contributed by atoms with Gasteiger partial charge in [0.1, 0.15) is 0 Å². The normalized spacial score (nSPS) is 26.7. The number of rotatable bonds is 4. The first-order valence-corrected chi connectivity index (χ1v) is 10.4. The van der Waals surface area contributed by atoms with Gasteiger partial charge >= 0.3 is 0 Å². The van der Waals surface area contributed by atoms with Crippen molar-refractivity contribution < 1.29 is 22.0 Å². The predicted octanol–water partition coefficient (Wildman–Crippen LogP) is 2.57. The highest BCUT2D eigenvalue weighted by Gasteiger charge is 2.56. The van der Waals surface area contributed by atoms with Crippen molar-refractivity contribution in [2.75, 3.05) is 19.6 Å². The Morgan fingerprint density at radius 2 is 1.88 bits per heavy atom. The van der Waals surface area contributed by atoms with Gasteiger partial charge in [-0.05, 0) is 37.0 Å². The zero-order chi connectivity index (χ0) is 19.0. The van der Waals surface area contributed by atoms with E-state index in [4.69, 9.17) is 0 Å². The molecule has 1 aromatic rings. The lowest BCUT2D eigenvalue weighted by Crippen LogP contribution is -2.61. The van der Waals surface area contributed by atoms with Crippen molar-refractivity contribution in [2.45, 2.75) is 49.8 Å². The molecule has 0 unspecified atom stereocenters. The number of sulfonamides is 1. The largest absolute Gasteiger partial charge is 0.356 e. The van der Waals surface area contributed by atoms with E-state index in [0.29, 0.717) is 13.0 Å². The number of carbonyl (C=O) groups excluding carboxylic acids is 1. The number of aryl methyl sites for hydroxylation is 1. The first-order chi connectivity index (χ1) is 12.2. The summed E-state index contributed by atoms with van der Waals surface area (Å²) >= 11 is 0. The second kappa shape index (κ2) is 6.88. The highest BCUT2D eigenvalue weighted by atomic mass is 32.2. The smallest absolute Gasteiger partial charge is 0.262 e. The second-order valence-electron chi connectivity index (χ2n) is 7.34. The Bertz CT molecular complexity index is 780. The third kappa shape index (κ3) is 3.62. The average molecular weight is 386 g/mol. The Morgan fingerprint density at radius 1 is 1.19 bits per heavy atom. The zero-order valence-corrected chi connectivity index (χ0v) is 15.6. The Balaban J connectivity index is 1.91. The van der Waals surface area contributed by atoms with E-state index in [1.54, 1.807) is 12.1 Å². The summed E-state index contributed by atoms with van der Waals surface area (Å²) in [5.41, 5.74) is -0.353. The standard InChI is InChI=1S/C18H24F2N2O3S/c1-2-4-14-5-7-15(8-6-14)26(24,25)22-12-17(11-18(19,20)13-22)9-3-10-21-16(17)23/h5-8H,2-4,9-13H2,1H3,(H,21,23)/t17-/m0/s1. The molecule has 2 saturated heterocycles. The molecule has 2 aliphatic rings. The van der Waals surface area contributed by atoms with Crippen LogP contribution in [0.15, 0.2) is 29.2 Å². The number of nitrogens with zero attached hydrogens (tertiary/aromatic N) is 1. The number of hydrogen-bond acceptors (Lipinski definition) is 3. The van der Waals surface area contributed by atoms with Gasteiger partial charge in [0.25, 0.3) is 5.92 Å². The molecule has 0 bridgehead atoms. The average Bonchev–Trinajstić information content (AvgIpc) is 2.57. The summed E-state index contributed by atoms with van der Waals surface area (Å²) in [6, 6.07) is 6.34. The Morgan fingerprint density at radius 3 is 2.50 bits per heavy atom. The highest BCUT2D eigenvalue weighted by molar-refractivity contribution is 7.89. The molecule has 26 heavy (non-hydrogen) atoms. The summed E-state index contributed by atoms with van der Waals surface area (Å²) in [6.07, 6.45) is 2.00. The molecular formula is C18H24F2N2O3S. The molecule has 2 heterocycles. The molecule has 1 N–H and O–H groups in total. The van der Waals surface area contributed by atoms with Gasteiger partial charge in [0.2, 0.25) is 15.9 Å². The molecular weight excluding hydrogens is 362 g/mol. The zero-order valence-electron chi connectivity index (χ0n) is 14.8. The third-order valence-electron chi connectivity index (χ3n) is 5.18. The highest BCUT2D eigenvalue weighted by Crippen LogP contribution is 2.44. The topological polar surface area (TPSA) is 66.5 Å². The van der Waals surface area contributed by atoms with Crippen molar-refractivity contribution in [3.8, 4) is 0 Å². The Kier molecular flexibility index (Phi) is 5.09. The monoisotopic (exact) mass is 386 g/mol. The van der Waals surface area contributed by atoms with Crippen molar-refractivity contribution in [1.29, 1.82) is 0 Å². The van der Waals surface area contributed by atoms with E-state index in [1.165, 1.54) is 12.1 Å². The van der Waals surface area contributed by atoms with Gasteiger partial charge in [-0.2, -0.15) is 4.31 Å². The minimum Gasteiger partial charge on any atom is -0.356 e. The molecule has 1 atom stereocenters. The fourth-order valence-corrected chi connectivity index (χ4v) is 5.50. The second-order valence-corrected chi connectivity index (χ2v) is 9.28. The summed E-state index contributed by atoms with van der Waals surface area (Å²) in [4.78, 5) is 12.3. The fourth-order valence-electron chi connectivity index (χ4n) is 3.94. The van der Waals surface area contributed by atoms with E-state index >= 15 is 0 Å². The molecule has 0 aliphatic carbocycles. The van der Waals surface area contributed by atoms with E-state index in [9.17, 15) is 22.0 Å². The Labute approximate surface area is 152 Å². The number of nitrogens with one attached hydrogen (secondary N) is 1. The van der Waals surface area contributed by atoms with Crippen LogP contribution in [0.3, 0.4) is 0 Å². The van der Waals surface area contributed by atoms with E-state index in [1.807, 2.05) is 6.92 Å². The minimum absolute atomic E-state index is 0.0126. The van der Waals surface area contributed by atoms with Crippen LogP contribution in [0.25, 0.3) is 0 Å². The van der Waals surface area contributed by atoms with E-state index in [0.717, 1.165) is 22.7 Å². The van der Waals surface area contributed by atoms with Crippen LogP contribution in [0.5, 0.6) is 0 Å². The lowest BCUT2D eigenvalue weighted by molar-refractivity contribution is -0.151. The van der Waals surface area contributed by atoms with Crippen LogP contribution in [0, 0.1) is 5.41 Å². The maximum Gasteiger partial charge on any atom is 0.262 e. The first-order valence-electron chi connectivity index (χ1n) is 8.94. The maximum absolute atomic E-state index is 14.4. The number of piperidine rings is 2. The van der Waals surface area contributed by atoms with Crippen LogP contribution >= 0.6 is 0 Å². The van der Waals surface area contributed by atoms with Gasteiger partial charge in [-0.25, -0.2) is 17.2 Å². The molecule has 8 heteroatoms. The van der Waals surface area contributed by atoms with Gasteiger partial charge < -0.3 is 5.32 Å². The molecule has 1 amide bonds. The fraction of sp³-hybridized carbons (Fsp3) is 0.611. The summed E-state index contributed by atoms with van der Waals surface area (Å²) in [7, 11) is -4.09.